The van der Waals surface area contributed by atoms with Gasteiger partial charge in [0, 0.05) is 6.42 Å². The van der Waals surface area contributed by atoms with Crippen molar-refractivity contribution in [1.29, 1.82) is 0 Å². The van der Waals surface area contributed by atoms with Gasteiger partial charge in [-0.1, -0.05) is 6.92 Å². The molecule has 0 aromatic carbocycles. The van der Waals surface area contributed by atoms with Gasteiger partial charge in [0.25, 0.3) is 0 Å². The lowest BCUT2D eigenvalue weighted by atomic mass is 10.0. The largest absolute Gasteiger partial charge is 0.456 e. The maximum Gasteiger partial charge on any atom is 0.306 e. The van der Waals surface area contributed by atoms with Gasteiger partial charge in [0.2, 0.25) is 0 Å². The molecular formula is C10H18O7. The Morgan fingerprint density at radius 3 is 2.35 bits per heavy atom. The normalized spacial score (nSPS) is 17.9. The highest BCUT2D eigenvalue weighted by Gasteiger charge is 2.34. The second-order valence-corrected chi connectivity index (χ2v) is 3.57. The van der Waals surface area contributed by atoms with Crippen molar-refractivity contribution >= 4 is 12.3 Å². The van der Waals surface area contributed by atoms with E-state index < -0.39 is 37.0 Å². The van der Waals surface area contributed by atoms with E-state index >= 15 is 0 Å². The molecule has 0 aromatic rings. The summed E-state index contributed by atoms with van der Waals surface area (Å²) in [5.74, 6) is -0.706. The van der Waals surface area contributed by atoms with Crippen LogP contribution in [0.3, 0.4) is 0 Å². The Hall–Kier alpha value is -1.02. The molecule has 0 heterocycles. The maximum atomic E-state index is 11.2. The van der Waals surface area contributed by atoms with Gasteiger partial charge in [0.05, 0.1) is 6.61 Å². The SMILES string of the molecule is CCCC(=O)OC(C(O)C=O)C(O)C(O)CO. The Kier molecular flexibility index (Phi) is 7.64. The fourth-order valence-electron chi connectivity index (χ4n) is 1.16. The molecule has 7 nitrogen and oxygen atoms in total. The minimum atomic E-state index is -1.76. The maximum absolute atomic E-state index is 11.2. The molecule has 0 aliphatic heterocycles. The van der Waals surface area contributed by atoms with Gasteiger partial charge in [-0.2, -0.15) is 0 Å². The molecule has 7 heteroatoms. The van der Waals surface area contributed by atoms with Gasteiger partial charge in [-0.15, -0.1) is 0 Å². The smallest absolute Gasteiger partial charge is 0.306 e. The third-order valence-corrected chi connectivity index (χ3v) is 2.12. The van der Waals surface area contributed by atoms with E-state index in [0.717, 1.165) is 0 Å². The lowest BCUT2D eigenvalue weighted by molar-refractivity contribution is -0.174. The van der Waals surface area contributed by atoms with Crippen LogP contribution in [-0.4, -0.2) is 63.7 Å². The van der Waals surface area contributed by atoms with Crippen molar-refractivity contribution in [3.8, 4) is 0 Å². The van der Waals surface area contributed by atoms with Gasteiger partial charge in [0.15, 0.2) is 12.4 Å². The average Bonchev–Trinajstić information content (AvgIpc) is 2.33. The number of ether oxygens (including phenoxy) is 1. The zero-order valence-corrected chi connectivity index (χ0v) is 9.52. The molecule has 100 valence electrons. The van der Waals surface area contributed by atoms with Crippen LogP contribution < -0.4 is 0 Å². The first-order valence-corrected chi connectivity index (χ1v) is 5.27. The zero-order valence-electron chi connectivity index (χ0n) is 9.52. The molecule has 0 bridgehead atoms. The van der Waals surface area contributed by atoms with Crippen LogP contribution in [-0.2, 0) is 14.3 Å². The van der Waals surface area contributed by atoms with Crippen LogP contribution in [0.5, 0.6) is 0 Å². The van der Waals surface area contributed by atoms with Crippen molar-refractivity contribution in [3.63, 3.8) is 0 Å². The van der Waals surface area contributed by atoms with E-state index in [2.05, 4.69) is 4.74 Å². The molecular weight excluding hydrogens is 232 g/mol. The van der Waals surface area contributed by atoms with Crippen LogP contribution in [0.4, 0.5) is 0 Å². The second kappa shape index (κ2) is 8.13. The van der Waals surface area contributed by atoms with Gasteiger partial charge >= 0.3 is 5.97 Å². The van der Waals surface area contributed by atoms with Crippen molar-refractivity contribution in [2.45, 2.75) is 44.2 Å². The summed E-state index contributed by atoms with van der Waals surface area (Å²) in [6.07, 6.45) is -6.05. The quantitative estimate of drug-likeness (QED) is 0.289. The molecule has 0 spiro atoms. The Bertz CT molecular complexity index is 243. The molecule has 4 unspecified atom stereocenters. The number of hydrogen-bond acceptors (Lipinski definition) is 7. The Morgan fingerprint density at radius 2 is 1.94 bits per heavy atom. The first kappa shape index (κ1) is 16.0. The number of carbonyl (C=O) groups is 2. The molecule has 0 saturated carbocycles. The highest BCUT2D eigenvalue weighted by molar-refractivity contribution is 5.70. The van der Waals surface area contributed by atoms with E-state index in [1.165, 1.54) is 0 Å². The number of aliphatic hydroxyl groups excluding tert-OH is 4. The lowest BCUT2D eigenvalue weighted by Gasteiger charge is -2.27. The zero-order chi connectivity index (χ0) is 13.4. The monoisotopic (exact) mass is 250 g/mol. The van der Waals surface area contributed by atoms with Crippen molar-refractivity contribution in [2.75, 3.05) is 6.61 Å². The Balaban J connectivity index is 4.63. The molecule has 0 rings (SSSR count). The standard InChI is InChI=1S/C10H18O7/c1-2-3-8(15)17-10(7(14)5-12)9(16)6(13)4-11/h5-7,9-11,13-14,16H,2-4H2,1H3. The molecule has 4 atom stereocenters. The first-order chi connectivity index (χ1) is 7.97. The van der Waals surface area contributed by atoms with Gasteiger partial charge < -0.3 is 30.0 Å². The van der Waals surface area contributed by atoms with Crippen molar-refractivity contribution in [3.05, 3.63) is 0 Å². The van der Waals surface area contributed by atoms with E-state index in [0.29, 0.717) is 6.42 Å². The number of esters is 1. The predicted molar refractivity (Wildman–Crippen MR) is 56.0 cm³/mol. The topological polar surface area (TPSA) is 124 Å². The Labute approximate surface area is 98.6 Å². The third kappa shape index (κ3) is 5.22. The van der Waals surface area contributed by atoms with Crippen molar-refractivity contribution in [2.24, 2.45) is 0 Å². The fourth-order valence-corrected chi connectivity index (χ4v) is 1.16. The van der Waals surface area contributed by atoms with Gasteiger partial charge in [-0.25, -0.2) is 0 Å². The first-order valence-electron chi connectivity index (χ1n) is 5.27. The van der Waals surface area contributed by atoms with E-state index in [1.54, 1.807) is 6.92 Å². The molecule has 0 aliphatic carbocycles. The summed E-state index contributed by atoms with van der Waals surface area (Å²) in [7, 11) is 0. The van der Waals surface area contributed by atoms with E-state index in [4.69, 9.17) is 10.2 Å². The van der Waals surface area contributed by atoms with E-state index in [-0.39, 0.29) is 12.7 Å². The summed E-state index contributed by atoms with van der Waals surface area (Å²) in [6.45, 7) is 0.944. The van der Waals surface area contributed by atoms with Crippen molar-refractivity contribution < 1.29 is 34.8 Å². The predicted octanol–water partition coefficient (Wildman–Crippen LogP) is -2.03. The number of hydrogen-bond donors (Lipinski definition) is 4. The molecule has 0 amide bonds. The summed E-state index contributed by atoms with van der Waals surface area (Å²) in [5.41, 5.74) is 0. The van der Waals surface area contributed by atoms with Crippen LogP contribution in [0, 0.1) is 0 Å². The van der Waals surface area contributed by atoms with Gasteiger partial charge in [0.1, 0.15) is 18.3 Å². The number of aldehydes is 1. The Morgan fingerprint density at radius 1 is 1.35 bits per heavy atom. The van der Waals surface area contributed by atoms with Gasteiger partial charge in [-0.05, 0) is 6.42 Å². The third-order valence-electron chi connectivity index (χ3n) is 2.12. The summed E-state index contributed by atoms with van der Waals surface area (Å²) in [5, 5.41) is 36.5. The molecule has 0 saturated heterocycles. The van der Waals surface area contributed by atoms with E-state index in [1.807, 2.05) is 0 Å². The molecule has 0 aliphatic rings. The molecule has 0 fully saturated rings. The minimum absolute atomic E-state index is 0.0595. The van der Waals surface area contributed by atoms with E-state index in [9.17, 15) is 19.8 Å². The number of rotatable bonds is 8. The lowest BCUT2D eigenvalue weighted by Crippen LogP contribution is -2.48. The number of aliphatic hydroxyl groups is 4. The summed E-state index contributed by atoms with van der Waals surface area (Å²) in [6, 6.07) is 0. The summed E-state index contributed by atoms with van der Waals surface area (Å²) in [4.78, 5) is 21.6. The summed E-state index contributed by atoms with van der Waals surface area (Å²) < 4.78 is 4.69. The van der Waals surface area contributed by atoms with Crippen LogP contribution >= 0.6 is 0 Å². The van der Waals surface area contributed by atoms with Crippen LogP contribution in [0.25, 0.3) is 0 Å². The minimum Gasteiger partial charge on any atom is -0.456 e. The average molecular weight is 250 g/mol. The second-order valence-electron chi connectivity index (χ2n) is 3.57. The fraction of sp³-hybridized carbons (Fsp3) is 0.800. The highest BCUT2D eigenvalue weighted by Crippen LogP contribution is 2.10. The highest BCUT2D eigenvalue weighted by atomic mass is 16.6. The molecule has 0 aromatic heterocycles. The van der Waals surface area contributed by atoms with Crippen LogP contribution in [0.1, 0.15) is 19.8 Å². The molecule has 0 radical (unpaired) electrons. The van der Waals surface area contributed by atoms with Gasteiger partial charge in [-0.3, -0.25) is 4.79 Å². The van der Waals surface area contributed by atoms with Crippen LogP contribution in [0.2, 0.25) is 0 Å². The van der Waals surface area contributed by atoms with Crippen LogP contribution in [0.15, 0.2) is 0 Å². The molecule has 4 N–H and O–H groups in total. The number of carbonyl (C=O) groups excluding carboxylic acids is 2. The van der Waals surface area contributed by atoms with Crippen molar-refractivity contribution in [1.82, 2.24) is 0 Å². The molecule has 17 heavy (non-hydrogen) atoms. The summed E-state index contributed by atoms with van der Waals surface area (Å²) >= 11 is 0.